The summed E-state index contributed by atoms with van der Waals surface area (Å²) in [6.45, 7) is 9.02. The fraction of sp³-hybridized carbons (Fsp3) is 0.545. The standard InChI is InChI=1S/C22H30BCl2N3O6/c1-12(2)8-17(23-33-16(21(32)34-23)10-18(29)28-22(3,4)5)27-19(30)11-26-20(31)14-9-13(24)6-7-15(14)25/h6-7,9,12,16-17H,8,10-11H2,1-5H3,(H,26,31)(H,27,30)(H,28,29)/t16-,17+/m1/s1. The summed E-state index contributed by atoms with van der Waals surface area (Å²) in [4.78, 5) is 49.3. The fourth-order valence-electron chi connectivity index (χ4n) is 3.31. The van der Waals surface area contributed by atoms with E-state index in [1.165, 1.54) is 12.1 Å². The first-order valence-electron chi connectivity index (χ1n) is 10.9. The number of carbonyl (C=O) groups excluding carboxylic acids is 4. The summed E-state index contributed by atoms with van der Waals surface area (Å²) in [5.41, 5.74) is -0.308. The molecule has 1 aromatic rings. The minimum Gasteiger partial charge on any atom is -0.506 e. The molecule has 1 aliphatic rings. The van der Waals surface area contributed by atoms with Gasteiger partial charge in [-0.2, -0.15) is 0 Å². The van der Waals surface area contributed by atoms with Crippen molar-refractivity contribution in [3.63, 3.8) is 0 Å². The van der Waals surface area contributed by atoms with Crippen LogP contribution in [-0.2, 0) is 23.7 Å². The van der Waals surface area contributed by atoms with Crippen molar-refractivity contribution in [2.75, 3.05) is 6.54 Å². The van der Waals surface area contributed by atoms with Crippen LogP contribution < -0.4 is 16.0 Å². The predicted molar refractivity (Wildman–Crippen MR) is 129 cm³/mol. The van der Waals surface area contributed by atoms with Gasteiger partial charge in [-0.25, -0.2) is 0 Å². The minimum absolute atomic E-state index is 0.135. The summed E-state index contributed by atoms with van der Waals surface area (Å²) >= 11 is 11.9. The second-order valence-corrected chi connectivity index (χ2v) is 10.4. The van der Waals surface area contributed by atoms with Gasteiger partial charge in [-0.15, -0.1) is 0 Å². The zero-order valence-electron chi connectivity index (χ0n) is 19.9. The van der Waals surface area contributed by atoms with E-state index in [1.807, 2.05) is 34.6 Å². The third-order valence-corrected chi connectivity index (χ3v) is 5.23. The zero-order chi connectivity index (χ0) is 25.6. The van der Waals surface area contributed by atoms with E-state index in [0.29, 0.717) is 11.4 Å². The second-order valence-electron chi connectivity index (χ2n) is 9.54. The third-order valence-electron chi connectivity index (χ3n) is 4.66. The van der Waals surface area contributed by atoms with Gasteiger partial charge in [0.15, 0.2) is 0 Å². The average Bonchev–Trinajstić information content (AvgIpc) is 3.06. The van der Waals surface area contributed by atoms with Crippen molar-refractivity contribution >= 4 is 54.0 Å². The van der Waals surface area contributed by atoms with E-state index in [0.717, 1.165) is 0 Å². The van der Waals surface area contributed by atoms with Crippen molar-refractivity contribution in [3.05, 3.63) is 33.8 Å². The molecule has 0 aromatic heterocycles. The Balaban J connectivity index is 1.96. The Kier molecular flexibility index (Phi) is 9.79. The first-order valence-corrected chi connectivity index (χ1v) is 11.7. The van der Waals surface area contributed by atoms with Crippen molar-refractivity contribution < 1.29 is 28.5 Å². The third kappa shape index (κ3) is 8.81. The molecule has 34 heavy (non-hydrogen) atoms. The van der Waals surface area contributed by atoms with Crippen LogP contribution in [0.25, 0.3) is 0 Å². The molecule has 3 N–H and O–H groups in total. The molecule has 1 saturated heterocycles. The van der Waals surface area contributed by atoms with Crippen LogP contribution >= 0.6 is 23.2 Å². The summed E-state index contributed by atoms with van der Waals surface area (Å²) < 4.78 is 11.0. The van der Waals surface area contributed by atoms with Gasteiger partial charge in [-0.05, 0) is 51.3 Å². The van der Waals surface area contributed by atoms with Gasteiger partial charge >= 0.3 is 13.1 Å². The van der Waals surface area contributed by atoms with E-state index >= 15 is 0 Å². The van der Waals surface area contributed by atoms with Crippen molar-refractivity contribution in [3.8, 4) is 0 Å². The summed E-state index contributed by atoms with van der Waals surface area (Å²) in [5.74, 6) is -2.61. The fourth-order valence-corrected chi connectivity index (χ4v) is 3.69. The molecule has 1 aliphatic heterocycles. The van der Waals surface area contributed by atoms with E-state index < -0.39 is 42.5 Å². The topological polar surface area (TPSA) is 123 Å². The molecule has 0 saturated carbocycles. The largest absolute Gasteiger partial charge is 0.552 e. The highest BCUT2D eigenvalue weighted by Crippen LogP contribution is 2.21. The first-order chi connectivity index (χ1) is 15.7. The van der Waals surface area contributed by atoms with Gasteiger partial charge in [0.25, 0.3) is 5.91 Å². The van der Waals surface area contributed by atoms with Crippen LogP contribution in [0.4, 0.5) is 0 Å². The smallest absolute Gasteiger partial charge is 0.506 e. The molecule has 1 fully saturated rings. The van der Waals surface area contributed by atoms with Gasteiger partial charge in [0.05, 0.1) is 29.5 Å². The number of halogens is 2. The Morgan fingerprint density at radius 3 is 2.44 bits per heavy atom. The van der Waals surface area contributed by atoms with Gasteiger partial charge in [0.2, 0.25) is 11.8 Å². The Morgan fingerprint density at radius 1 is 1.15 bits per heavy atom. The van der Waals surface area contributed by atoms with E-state index in [2.05, 4.69) is 16.0 Å². The van der Waals surface area contributed by atoms with Gasteiger partial charge in [-0.1, -0.05) is 37.0 Å². The summed E-state index contributed by atoms with van der Waals surface area (Å²) in [5, 5.41) is 8.53. The van der Waals surface area contributed by atoms with Crippen molar-refractivity contribution in [1.82, 2.24) is 16.0 Å². The predicted octanol–water partition coefficient (Wildman–Crippen LogP) is 2.53. The molecule has 2 atom stereocenters. The number of rotatable bonds is 9. The highest BCUT2D eigenvalue weighted by Gasteiger charge is 2.46. The summed E-state index contributed by atoms with van der Waals surface area (Å²) in [6, 6.07) is 4.44. The molecular weight excluding hydrogens is 484 g/mol. The van der Waals surface area contributed by atoms with Crippen molar-refractivity contribution in [2.45, 2.75) is 65.0 Å². The van der Waals surface area contributed by atoms with Gasteiger partial charge in [-0.3, -0.25) is 19.2 Å². The van der Waals surface area contributed by atoms with Crippen LogP contribution in [0.3, 0.4) is 0 Å². The second kappa shape index (κ2) is 11.9. The lowest BCUT2D eigenvalue weighted by Crippen LogP contribution is -2.51. The van der Waals surface area contributed by atoms with Gasteiger partial charge in [0, 0.05) is 10.6 Å². The SMILES string of the molecule is CC(C)C[C@H](NC(=O)CNC(=O)c1cc(Cl)ccc1Cl)B1OC(=O)[C@@H](CC(=O)NC(C)(C)C)O1. The quantitative estimate of drug-likeness (QED) is 0.436. The molecule has 12 heteroatoms. The van der Waals surface area contributed by atoms with Crippen LogP contribution in [0.1, 0.15) is 57.8 Å². The first kappa shape index (κ1) is 27.9. The highest BCUT2D eigenvalue weighted by atomic mass is 35.5. The summed E-state index contributed by atoms with van der Waals surface area (Å²) in [6.07, 6.45) is -0.812. The molecule has 1 aromatic carbocycles. The van der Waals surface area contributed by atoms with Gasteiger partial charge in [0.1, 0.15) is 6.10 Å². The van der Waals surface area contributed by atoms with E-state index in [-0.39, 0.29) is 35.4 Å². The van der Waals surface area contributed by atoms with Gasteiger partial charge < -0.3 is 25.3 Å². The molecular formula is C22H30BCl2N3O6. The van der Waals surface area contributed by atoms with Crippen LogP contribution in [0.5, 0.6) is 0 Å². The molecule has 2 rings (SSSR count). The lowest BCUT2D eigenvalue weighted by Gasteiger charge is -2.22. The Labute approximate surface area is 209 Å². The van der Waals surface area contributed by atoms with E-state index in [4.69, 9.17) is 32.5 Å². The number of nitrogens with one attached hydrogen (secondary N) is 3. The molecule has 3 amide bonds. The normalized spacial score (nSPS) is 16.8. The maximum absolute atomic E-state index is 12.5. The molecule has 1 heterocycles. The lowest BCUT2D eigenvalue weighted by atomic mass is 9.74. The Bertz CT molecular complexity index is 938. The number of hydrogen-bond acceptors (Lipinski definition) is 6. The van der Waals surface area contributed by atoms with Crippen molar-refractivity contribution in [2.24, 2.45) is 5.92 Å². The van der Waals surface area contributed by atoms with E-state index in [1.54, 1.807) is 6.07 Å². The molecule has 0 spiro atoms. The molecule has 0 unspecified atom stereocenters. The van der Waals surface area contributed by atoms with Crippen LogP contribution in [0, 0.1) is 5.92 Å². The number of carbonyl (C=O) groups is 4. The Hall–Kier alpha value is -2.30. The maximum atomic E-state index is 12.5. The van der Waals surface area contributed by atoms with E-state index in [9.17, 15) is 19.2 Å². The van der Waals surface area contributed by atoms with Crippen LogP contribution in [0.15, 0.2) is 18.2 Å². The van der Waals surface area contributed by atoms with Crippen LogP contribution in [-0.4, -0.2) is 54.9 Å². The zero-order valence-corrected chi connectivity index (χ0v) is 21.4. The monoisotopic (exact) mass is 513 g/mol. The molecule has 0 bridgehead atoms. The number of amides is 3. The van der Waals surface area contributed by atoms with Crippen LogP contribution in [0.2, 0.25) is 10.0 Å². The summed E-state index contributed by atoms with van der Waals surface area (Å²) in [7, 11) is -1.05. The highest BCUT2D eigenvalue weighted by molar-refractivity contribution is 6.51. The minimum atomic E-state index is -1.07. The number of hydrogen-bond donors (Lipinski definition) is 3. The lowest BCUT2D eigenvalue weighted by molar-refractivity contribution is -0.139. The molecule has 0 radical (unpaired) electrons. The molecule has 0 aliphatic carbocycles. The van der Waals surface area contributed by atoms with Crippen molar-refractivity contribution in [1.29, 1.82) is 0 Å². The Morgan fingerprint density at radius 2 is 1.82 bits per heavy atom. The molecule has 9 nitrogen and oxygen atoms in total. The molecule has 186 valence electrons. The average molecular weight is 514 g/mol. The number of benzene rings is 1. The maximum Gasteiger partial charge on any atom is 0.552 e.